The molecule has 0 N–H and O–H groups in total. The fraction of sp³-hybridized carbons (Fsp3) is 0.286. The molecular weight excluding hydrogens is 243 g/mol. The Morgan fingerprint density at radius 2 is 2.16 bits per heavy atom. The van der Waals surface area contributed by atoms with Crippen molar-refractivity contribution in [3.05, 3.63) is 48.4 Å². The minimum Gasteiger partial charge on any atom is -0.340 e. The van der Waals surface area contributed by atoms with Crippen molar-refractivity contribution < 1.29 is 4.39 Å². The van der Waals surface area contributed by atoms with E-state index in [4.69, 9.17) is 0 Å². The van der Waals surface area contributed by atoms with Gasteiger partial charge in [0.2, 0.25) is 0 Å². The van der Waals surface area contributed by atoms with Gasteiger partial charge in [-0.2, -0.15) is 5.10 Å². The van der Waals surface area contributed by atoms with Gasteiger partial charge in [-0.05, 0) is 30.7 Å². The molecule has 2 aromatic heterocycles. The van der Waals surface area contributed by atoms with Gasteiger partial charge in [0.1, 0.15) is 18.0 Å². The number of halogens is 1. The normalized spacial score (nSPS) is 11.3. The Labute approximate surface area is 110 Å². The SMILES string of the molecule is CCCn1ncnc1Cn1ccc2cc(F)ccc21. The van der Waals surface area contributed by atoms with E-state index >= 15 is 0 Å². The van der Waals surface area contributed by atoms with Crippen molar-refractivity contribution in [3.8, 4) is 0 Å². The Morgan fingerprint density at radius 3 is 3.00 bits per heavy atom. The van der Waals surface area contributed by atoms with E-state index in [1.54, 1.807) is 18.5 Å². The Kier molecular flexibility index (Phi) is 3.03. The first-order chi connectivity index (χ1) is 9.28. The van der Waals surface area contributed by atoms with Gasteiger partial charge in [0.25, 0.3) is 0 Å². The number of hydrogen-bond acceptors (Lipinski definition) is 2. The Balaban J connectivity index is 1.94. The van der Waals surface area contributed by atoms with Gasteiger partial charge in [0.05, 0.1) is 6.54 Å². The van der Waals surface area contributed by atoms with E-state index in [9.17, 15) is 4.39 Å². The van der Waals surface area contributed by atoms with Crippen molar-refractivity contribution in [1.82, 2.24) is 19.3 Å². The highest BCUT2D eigenvalue weighted by molar-refractivity contribution is 5.80. The second-order valence-electron chi connectivity index (χ2n) is 4.55. The zero-order valence-electron chi connectivity index (χ0n) is 10.8. The molecule has 0 spiro atoms. The predicted octanol–water partition coefficient (Wildman–Crippen LogP) is 2.83. The predicted molar refractivity (Wildman–Crippen MR) is 71.3 cm³/mol. The molecule has 19 heavy (non-hydrogen) atoms. The lowest BCUT2D eigenvalue weighted by molar-refractivity contribution is 0.557. The monoisotopic (exact) mass is 258 g/mol. The standard InChI is InChI=1S/C14H15FN4/c1-2-6-19-14(16-10-17-19)9-18-7-5-11-8-12(15)3-4-13(11)18/h3-5,7-8,10H,2,6,9H2,1H3. The third-order valence-corrected chi connectivity index (χ3v) is 3.18. The van der Waals surface area contributed by atoms with E-state index in [1.807, 2.05) is 16.9 Å². The first kappa shape index (κ1) is 11.9. The van der Waals surface area contributed by atoms with Crippen molar-refractivity contribution in [2.24, 2.45) is 0 Å². The van der Waals surface area contributed by atoms with E-state index in [0.717, 1.165) is 29.7 Å². The summed E-state index contributed by atoms with van der Waals surface area (Å²) in [6, 6.07) is 6.74. The smallest absolute Gasteiger partial charge is 0.146 e. The molecule has 0 bridgehead atoms. The van der Waals surface area contributed by atoms with Crippen LogP contribution in [0.2, 0.25) is 0 Å². The second-order valence-corrected chi connectivity index (χ2v) is 4.55. The molecule has 0 amide bonds. The lowest BCUT2D eigenvalue weighted by Crippen LogP contribution is -2.09. The van der Waals surface area contributed by atoms with Gasteiger partial charge in [-0.25, -0.2) is 14.1 Å². The molecule has 3 aromatic rings. The molecule has 0 fully saturated rings. The number of aromatic nitrogens is 4. The first-order valence-corrected chi connectivity index (χ1v) is 6.39. The average molecular weight is 258 g/mol. The van der Waals surface area contributed by atoms with Gasteiger partial charge in [-0.1, -0.05) is 6.92 Å². The van der Waals surface area contributed by atoms with Crippen LogP contribution in [-0.4, -0.2) is 19.3 Å². The van der Waals surface area contributed by atoms with Gasteiger partial charge in [0, 0.05) is 23.6 Å². The molecule has 0 atom stereocenters. The number of aryl methyl sites for hydroxylation is 1. The largest absolute Gasteiger partial charge is 0.340 e. The van der Waals surface area contributed by atoms with Gasteiger partial charge in [-0.3, -0.25) is 0 Å². The van der Waals surface area contributed by atoms with Crippen molar-refractivity contribution >= 4 is 10.9 Å². The van der Waals surface area contributed by atoms with Crippen molar-refractivity contribution in [3.63, 3.8) is 0 Å². The van der Waals surface area contributed by atoms with Crippen molar-refractivity contribution in [1.29, 1.82) is 0 Å². The molecule has 4 nitrogen and oxygen atoms in total. The summed E-state index contributed by atoms with van der Waals surface area (Å²) in [7, 11) is 0. The van der Waals surface area contributed by atoms with Crippen LogP contribution in [0.1, 0.15) is 19.2 Å². The summed E-state index contributed by atoms with van der Waals surface area (Å²) >= 11 is 0. The van der Waals surface area contributed by atoms with Crippen LogP contribution in [0.4, 0.5) is 4.39 Å². The van der Waals surface area contributed by atoms with Gasteiger partial charge < -0.3 is 4.57 Å². The van der Waals surface area contributed by atoms with E-state index in [0.29, 0.717) is 6.54 Å². The highest BCUT2D eigenvalue weighted by Crippen LogP contribution is 2.18. The fourth-order valence-electron chi connectivity index (χ4n) is 2.27. The number of hydrogen-bond donors (Lipinski definition) is 0. The van der Waals surface area contributed by atoms with Crippen LogP contribution in [0.25, 0.3) is 10.9 Å². The molecule has 2 heterocycles. The molecule has 3 rings (SSSR count). The molecule has 0 aliphatic rings. The zero-order chi connectivity index (χ0) is 13.2. The van der Waals surface area contributed by atoms with E-state index in [-0.39, 0.29) is 5.82 Å². The maximum atomic E-state index is 13.2. The third kappa shape index (κ3) is 2.23. The molecule has 0 unspecified atom stereocenters. The molecule has 5 heteroatoms. The summed E-state index contributed by atoms with van der Waals surface area (Å²) in [5.74, 6) is 0.711. The summed E-state index contributed by atoms with van der Waals surface area (Å²) < 4.78 is 17.1. The summed E-state index contributed by atoms with van der Waals surface area (Å²) in [6.07, 6.45) is 4.55. The molecule has 0 radical (unpaired) electrons. The van der Waals surface area contributed by atoms with Crippen LogP contribution in [0, 0.1) is 5.82 Å². The van der Waals surface area contributed by atoms with Crippen LogP contribution in [0.15, 0.2) is 36.8 Å². The maximum Gasteiger partial charge on any atom is 0.146 e. The minimum absolute atomic E-state index is 0.209. The molecule has 0 saturated carbocycles. The summed E-state index contributed by atoms with van der Waals surface area (Å²) in [6.45, 7) is 3.62. The highest BCUT2D eigenvalue weighted by Gasteiger charge is 2.07. The highest BCUT2D eigenvalue weighted by atomic mass is 19.1. The van der Waals surface area contributed by atoms with Crippen LogP contribution >= 0.6 is 0 Å². The number of nitrogens with zero attached hydrogens (tertiary/aromatic N) is 4. The number of benzene rings is 1. The fourth-order valence-corrected chi connectivity index (χ4v) is 2.27. The number of fused-ring (bicyclic) bond motifs is 1. The zero-order valence-corrected chi connectivity index (χ0v) is 10.8. The van der Waals surface area contributed by atoms with Crippen LogP contribution in [-0.2, 0) is 13.1 Å². The minimum atomic E-state index is -0.209. The van der Waals surface area contributed by atoms with Gasteiger partial charge in [0.15, 0.2) is 0 Å². The van der Waals surface area contributed by atoms with Crippen molar-refractivity contribution in [2.75, 3.05) is 0 Å². The quantitative estimate of drug-likeness (QED) is 0.721. The van der Waals surface area contributed by atoms with Crippen molar-refractivity contribution in [2.45, 2.75) is 26.4 Å². The maximum absolute atomic E-state index is 13.2. The average Bonchev–Trinajstić information content (AvgIpc) is 2.98. The lowest BCUT2D eigenvalue weighted by Gasteiger charge is -2.07. The molecular formula is C14H15FN4. The van der Waals surface area contributed by atoms with Gasteiger partial charge in [-0.15, -0.1) is 0 Å². The number of rotatable bonds is 4. The van der Waals surface area contributed by atoms with Crippen LogP contribution < -0.4 is 0 Å². The Bertz CT molecular complexity index is 698. The Morgan fingerprint density at radius 1 is 1.26 bits per heavy atom. The van der Waals surface area contributed by atoms with E-state index in [2.05, 4.69) is 21.6 Å². The molecule has 1 aromatic carbocycles. The summed E-state index contributed by atoms with van der Waals surface area (Å²) in [5, 5.41) is 5.12. The topological polar surface area (TPSA) is 35.6 Å². The molecule has 0 saturated heterocycles. The van der Waals surface area contributed by atoms with E-state index < -0.39 is 0 Å². The lowest BCUT2D eigenvalue weighted by atomic mass is 10.2. The summed E-state index contributed by atoms with van der Waals surface area (Å²) in [5.41, 5.74) is 1.01. The Hall–Kier alpha value is -2.17. The molecule has 98 valence electrons. The molecule has 0 aliphatic heterocycles. The van der Waals surface area contributed by atoms with Crippen LogP contribution in [0.5, 0.6) is 0 Å². The van der Waals surface area contributed by atoms with Gasteiger partial charge >= 0.3 is 0 Å². The summed E-state index contributed by atoms with van der Waals surface area (Å²) in [4.78, 5) is 4.29. The second kappa shape index (κ2) is 4.84. The molecule has 0 aliphatic carbocycles. The third-order valence-electron chi connectivity index (χ3n) is 3.18. The first-order valence-electron chi connectivity index (χ1n) is 6.39. The van der Waals surface area contributed by atoms with Crippen LogP contribution in [0.3, 0.4) is 0 Å². The van der Waals surface area contributed by atoms with E-state index in [1.165, 1.54) is 6.07 Å².